The minimum absolute atomic E-state index is 0.248. The van der Waals surface area contributed by atoms with E-state index in [0.717, 1.165) is 22.3 Å². The van der Waals surface area contributed by atoms with Crippen LogP contribution in [0.2, 0.25) is 0 Å². The summed E-state index contributed by atoms with van der Waals surface area (Å²) in [6, 6.07) is 14.8. The molecular formula is C17H14N4O2. The predicted octanol–water partition coefficient (Wildman–Crippen LogP) is 2.89. The number of hydrogen-bond acceptors (Lipinski definition) is 5. The number of carbonyl (C=O) groups is 1. The van der Waals surface area contributed by atoms with Crippen molar-refractivity contribution in [1.29, 1.82) is 5.26 Å². The fraction of sp³-hybridized carbons (Fsp3) is 0.118. The highest BCUT2D eigenvalue weighted by Crippen LogP contribution is 2.19. The lowest BCUT2D eigenvalue weighted by Crippen LogP contribution is -2.04. The number of nitriles is 1. The molecule has 0 radical (unpaired) electrons. The maximum absolute atomic E-state index is 11.2. The zero-order valence-corrected chi connectivity index (χ0v) is 12.5. The number of anilines is 2. The van der Waals surface area contributed by atoms with Crippen LogP contribution in [0.4, 0.5) is 11.6 Å². The van der Waals surface area contributed by atoms with Crippen LogP contribution in [-0.2, 0) is 16.0 Å². The Hall–Kier alpha value is -3.33. The molecule has 0 spiro atoms. The van der Waals surface area contributed by atoms with Gasteiger partial charge in [0.1, 0.15) is 0 Å². The lowest BCUT2D eigenvalue weighted by atomic mass is 10.1. The second-order valence-corrected chi connectivity index (χ2v) is 5.00. The van der Waals surface area contributed by atoms with Crippen LogP contribution in [0.15, 0.2) is 42.5 Å². The van der Waals surface area contributed by atoms with E-state index in [9.17, 15) is 4.79 Å². The summed E-state index contributed by atoms with van der Waals surface area (Å²) < 4.78 is 4.64. The van der Waals surface area contributed by atoms with Gasteiger partial charge in [-0.2, -0.15) is 5.26 Å². The van der Waals surface area contributed by atoms with Gasteiger partial charge in [-0.3, -0.25) is 4.79 Å². The van der Waals surface area contributed by atoms with Gasteiger partial charge in [0.25, 0.3) is 0 Å². The number of H-pyrrole nitrogens is 1. The van der Waals surface area contributed by atoms with Crippen LogP contribution in [0.25, 0.3) is 11.0 Å². The van der Waals surface area contributed by atoms with Crippen LogP contribution < -0.4 is 5.32 Å². The monoisotopic (exact) mass is 306 g/mol. The number of hydrogen-bond donors (Lipinski definition) is 2. The Kier molecular flexibility index (Phi) is 3.93. The predicted molar refractivity (Wildman–Crippen MR) is 86.3 cm³/mol. The maximum Gasteiger partial charge on any atom is 0.309 e. The molecule has 1 aromatic heterocycles. The van der Waals surface area contributed by atoms with Crippen molar-refractivity contribution in [3.8, 4) is 6.07 Å². The first-order valence-electron chi connectivity index (χ1n) is 7.00. The van der Waals surface area contributed by atoms with Crippen molar-refractivity contribution in [2.45, 2.75) is 6.42 Å². The van der Waals surface area contributed by atoms with Crippen LogP contribution in [0.3, 0.4) is 0 Å². The molecule has 0 aliphatic rings. The van der Waals surface area contributed by atoms with E-state index in [4.69, 9.17) is 5.26 Å². The van der Waals surface area contributed by atoms with Gasteiger partial charge in [-0.05, 0) is 35.9 Å². The number of nitrogens with zero attached hydrogens (tertiary/aromatic N) is 2. The number of aromatic nitrogens is 2. The molecule has 0 saturated carbocycles. The fourth-order valence-corrected chi connectivity index (χ4v) is 2.22. The number of rotatable bonds is 4. The molecule has 3 rings (SSSR count). The van der Waals surface area contributed by atoms with E-state index in [1.807, 2.05) is 24.3 Å². The Balaban J connectivity index is 1.76. The highest BCUT2D eigenvalue weighted by Gasteiger charge is 2.05. The van der Waals surface area contributed by atoms with Crippen LogP contribution in [0.5, 0.6) is 0 Å². The minimum atomic E-state index is -0.267. The van der Waals surface area contributed by atoms with Crippen molar-refractivity contribution in [3.05, 3.63) is 53.6 Å². The molecule has 3 aromatic rings. The number of methoxy groups -OCH3 is 1. The molecule has 0 unspecified atom stereocenters. The van der Waals surface area contributed by atoms with Gasteiger partial charge >= 0.3 is 5.97 Å². The standard InChI is InChI=1S/C17H14N4O2/c1-23-16(22)9-11-2-5-13(6-3-11)19-17-20-14-7-4-12(10-18)8-15(14)21-17/h2-8H,9H2,1H3,(H2,19,20,21). The molecule has 0 amide bonds. The van der Waals surface area contributed by atoms with Gasteiger partial charge in [0.05, 0.1) is 36.2 Å². The van der Waals surface area contributed by atoms with Gasteiger partial charge in [-0.15, -0.1) is 0 Å². The molecule has 6 heteroatoms. The number of benzene rings is 2. The number of carbonyl (C=O) groups excluding carboxylic acids is 1. The van der Waals surface area contributed by atoms with Gasteiger partial charge < -0.3 is 15.0 Å². The Labute approximate surface area is 132 Å². The topological polar surface area (TPSA) is 90.8 Å². The average molecular weight is 306 g/mol. The van der Waals surface area contributed by atoms with E-state index in [0.29, 0.717) is 11.5 Å². The molecule has 1 heterocycles. The van der Waals surface area contributed by atoms with Gasteiger partial charge in [-0.1, -0.05) is 12.1 Å². The molecule has 2 aromatic carbocycles. The summed E-state index contributed by atoms with van der Waals surface area (Å²) in [6.07, 6.45) is 0.248. The molecule has 114 valence electrons. The van der Waals surface area contributed by atoms with Crippen molar-refractivity contribution in [2.75, 3.05) is 12.4 Å². The van der Waals surface area contributed by atoms with Crippen LogP contribution in [-0.4, -0.2) is 23.0 Å². The van der Waals surface area contributed by atoms with Gasteiger partial charge in [0.2, 0.25) is 5.95 Å². The molecule has 0 atom stereocenters. The number of fused-ring (bicyclic) bond motifs is 1. The lowest BCUT2D eigenvalue weighted by Gasteiger charge is -2.04. The van der Waals surface area contributed by atoms with Crippen LogP contribution in [0, 0.1) is 11.3 Å². The fourth-order valence-electron chi connectivity index (χ4n) is 2.22. The Morgan fingerprint density at radius 1 is 1.30 bits per heavy atom. The molecule has 23 heavy (non-hydrogen) atoms. The van der Waals surface area contributed by atoms with Crippen molar-refractivity contribution in [1.82, 2.24) is 9.97 Å². The Morgan fingerprint density at radius 2 is 2.09 bits per heavy atom. The number of imidazole rings is 1. The Bertz CT molecular complexity index is 891. The second kappa shape index (κ2) is 6.20. The summed E-state index contributed by atoms with van der Waals surface area (Å²) in [5.41, 5.74) is 3.89. The van der Waals surface area contributed by atoms with E-state index < -0.39 is 0 Å². The largest absolute Gasteiger partial charge is 0.469 e. The highest BCUT2D eigenvalue weighted by atomic mass is 16.5. The van der Waals surface area contributed by atoms with Crippen molar-refractivity contribution in [3.63, 3.8) is 0 Å². The third kappa shape index (κ3) is 3.30. The molecule has 0 bridgehead atoms. The molecule has 0 fully saturated rings. The summed E-state index contributed by atoms with van der Waals surface area (Å²) in [5, 5.41) is 12.1. The molecule has 6 nitrogen and oxygen atoms in total. The van der Waals surface area contributed by atoms with Gasteiger partial charge in [0.15, 0.2) is 0 Å². The summed E-state index contributed by atoms with van der Waals surface area (Å²) in [4.78, 5) is 18.8. The van der Waals surface area contributed by atoms with Crippen molar-refractivity contribution in [2.24, 2.45) is 0 Å². The number of nitrogens with one attached hydrogen (secondary N) is 2. The zero-order valence-electron chi connectivity index (χ0n) is 12.5. The first-order valence-corrected chi connectivity index (χ1v) is 7.00. The first kappa shape index (κ1) is 14.6. The van der Waals surface area contributed by atoms with Crippen LogP contribution >= 0.6 is 0 Å². The van der Waals surface area contributed by atoms with E-state index in [-0.39, 0.29) is 12.4 Å². The molecule has 0 saturated heterocycles. The van der Waals surface area contributed by atoms with E-state index in [1.54, 1.807) is 18.2 Å². The third-order valence-corrected chi connectivity index (χ3v) is 3.40. The van der Waals surface area contributed by atoms with E-state index >= 15 is 0 Å². The average Bonchev–Trinajstić information content (AvgIpc) is 2.97. The number of aromatic amines is 1. The SMILES string of the molecule is COC(=O)Cc1ccc(Nc2nc3ccc(C#N)cc3[nH]2)cc1. The maximum atomic E-state index is 11.2. The van der Waals surface area contributed by atoms with Crippen LogP contribution in [0.1, 0.15) is 11.1 Å². The first-order chi connectivity index (χ1) is 11.2. The number of esters is 1. The summed E-state index contributed by atoms with van der Waals surface area (Å²) in [7, 11) is 1.37. The lowest BCUT2D eigenvalue weighted by molar-refractivity contribution is -0.139. The molecule has 2 N–H and O–H groups in total. The van der Waals surface area contributed by atoms with Crippen molar-refractivity contribution >= 4 is 28.6 Å². The third-order valence-electron chi connectivity index (χ3n) is 3.40. The quantitative estimate of drug-likeness (QED) is 0.723. The Morgan fingerprint density at radius 3 is 2.78 bits per heavy atom. The molecule has 0 aliphatic carbocycles. The summed E-state index contributed by atoms with van der Waals surface area (Å²) in [6.45, 7) is 0. The molecule has 0 aliphatic heterocycles. The highest BCUT2D eigenvalue weighted by molar-refractivity contribution is 5.80. The number of ether oxygens (including phenoxy) is 1. The van der Waals surface area contributed by atoms with E-state index in [2.05, 4.69) is 26.1 Å². The van der Waals surface area contributed by atoms with Gasteiger partial charge in [0, 0.05) is 5.69 Å². The summed E-state index contributed by atoms with van der Waals surface area (Å²) in [5.74, 6) is 0.326. The van der Waals surface area contributed by atoms with E-state index in [1.165, 1.54) is 7.11 Å². The smallest absolute Gasteiger partial charge is 0.309 e. The minimum Gasteiger partial charge on any atom is -0.469 e. The van der Waals surface area contributed by atoms with Crippen molar-refractivity contribution < 1.29 is 9.53 Å². The van der Waals surface area contributed by atoms with Gasteiger partial charge in [-0.25, -0.2) is 4.98 Å². The second-order valence-electron chi connectivity index (χ2n) is 5.00. The summed E-state index contributed by atoms with van der Waals surface area (Å²) >= 11 is 0. The molecular weight excluding hydrogens is 292 g/mol. The zero-order chi connectivity index (χ0) is 16.2. The normalized spacial score (nSPS) is 10.3.